The number of ether oxygens (including phenoxy) is 3. The van der Waals surface area contributed by atoms with Crippen LogP contribution in [0, 0.1) is 0 Å². The van der Waals surface area contributed by atoms with E-state index in [9.17, 15) is 4.79 Å². The Labute approximate surface area is 194 Å². The van der Waals surface area contributed by atoms with Crippen LogP contribution in [0.25, 0.3) is 21.9 Å². The molecule has 1 N–H and O–H groups in total. The molecule has 0 saturated carbocycles. The van der Waals surface area contributed by atoms with E-state index in [4.69, 9.17) is 14.2 Å². The molecule has 34 heavy (non-hydrogen) atoms. The van der Waals surface area contributed by atoms with Gasteiger partial charge in [-0.15, -0.1) is 0 Å². The lowest BCUT2D eigenvalue weighted by Crippen LogP contribution is -2.17. The van der Waals surface area contributed by atoms with Crippen molar-refractivity contribution in [3.63, 3.8) is 0 Å². The average Bonchev–Trinajstić information content (AvgIpc) is 3.26. The van der Waals surface area contributed by atoms with E-state index in [1.807, 2.05) is 48.5 Å². The third-order valence-corrected chi connectivity index (χ3v) is 5.35. The summed E-state index contributed by atoms with van der Waals surface area (Å²) in [6.45, 7) is 0.272. The van der Waals surface area contributed by atoms with Crippen molar-refractivity contribution < 1.29 is 14.2 Å². The molecule has 0 amide bonds. The molecule has 0 spiro atoms. The van der Waals surface area contributed by atoms with Crippen molar-refractivity contribution in [3.05, 3.63) is 88.6 Å². The van der Waals surface area contributed by atoms with E-state index >= 15 is 0 Å². The number of hydrogen-bond donors (Lipinski definition) is 1. The second-order valence-electron chi connectivity index (χ2n) is 7.43. The molecule has 3 heterocycles. The van der Waals surface area contributed by atoms with Gasteiger partial charge in [-0.25, -0.2) is 9.97 Å². The van der Waals surface area contributed by atoms with Gasteiger partial charge < -0.3 is 19.2 Å². The highest BCUT2D eigenvalue weighted by atomic mass is 16.5. The summed E-state index contributed by atoms with van der Waals surface area (Å²) in [6, 6.07) is 16.6. The third kappa shape index (κ3) is 4.06. The number of benzene rings is 2. The molecule has 9 heteroatoms. The van der Waals surface area contributed by atoms with E-state index in [2.05, 4.69) is 20.1 Å². The zero-order valence-corrected chi connectivity index (χ0v) is 18.6. The first-order chi connectivity index (χ1) is 16.7. The number of methoxy groups -OCH3 is 2. The Morgan fingerprint density at radius 3 is 2.76 bits per heavy atom. The molecule has 0 unspecified atom stereocenters. The van der Waals surface area contributed by atoms with Gasteiger partial charge in [0.2, 0.25) is 5.88 Å². The first kappa shape index (κ1) is 21.2. The summed E-state index contributed by atoms with van der Waals surface area (Å²) in [5, 5.41) is 5.14. The largest absolute Gasteiger partial charge is 0.497 e. The number of hydrogen-bond acceptors (Lipinski definition) is 7. The Kier molecular flexibility index (Phi) is 5.65. The SMILES string of the molecule is COc1ccc2[nH]c3c(=O)n(/N=C/c4ccc(OC)c(COc5ccccn5)c4)cnc3c2c1. The van der Waals surface area contributed by atoms with E-state index in [0.717, 1.165) is 22.0 Å². The summed E-state index contributed by atoms with van der Waals surface area (Å²) >= 11 is 0. The summed E-state index contributed by atoms with van der Waals surface area (Å²) in [4.78, 5) is 24.7. The van der Waals surface area contributed by atoms with Crippen LogP contribution in [0.5, 0.6) is 17.4 Å². The van der Waals surface area contributed by atoms with Crippen molar-refractivity contribution in [1.82, 2.24) is 19.6 Å². The van der Waals surface area contributed by atoms with Crippen LogP contribution in [0.15, 0.2) is 77.0 Å². The molecule has 0 fully saturated rings. The standard InChI is InChI=1S/C25H21N5O4/c1-32-18-7-8-20-19(12-18)23-24(29-20)25(31)30(15-27-23)28-13-16-6-9-21(33-2)17(11-16)14-34-22-5-3-4-10-26-22/h3-13,15,29H,14H2,1-2H3/b28-13+. The van der Waals surface area contributed by atoms with Crippen molar-refractivity contribution in [1.29, 1.82) is 0 Å². The highest BCUT2D eigenvalue weighted by molar-refractivity contribution is 6.04. The van der Waals surface area contributed by atoms with E-state index in [0.29, 0.717) is 28.4 Å². The number of H-pyrrole nitrogens is 1. The van der Waals surface area contributed by atoms with Gasteiger partial charge in [0, 0.05) is 28.7 Å². The number of aromatic amines is 1. The molecule has 0 aliphatic rings. The van der Waals surface area contributed by atoms with Gasteiger partial charge in [0.05, 0.1) is 20.4 Å². The van der Waals surface area contributed by atoms with E-state index < -0.39 is 0 Å². The van der Waals surface area contributed by atoms with Crippen molar-refractivity contribution in [2.45, 2.75) is 6.61 Å². The zero-order valence-electron chi connectivity index (χ0n) is 18.6. The summed E-state index contributed by atoms with van der Waals surface area (Å²) in [6.07, 6.45) is 4.66. The molecular formula is C25H21N5O4. The zero-order chi connectivity index (χ0) is 23.5. The predicted octanol–water partition coefficient (Wildman–Crippen LogP) is 3.75. The summed E-state index contributed by atoms with van der Waals surface area (Å²) in [5.41, 5.74) is 3.04. The van der Waals surface area contributed by atoms with Crippen molar-refractivity contribution in [3.8, 4) is 17.4 Å². The number of aromatic nitrogens is 4. The number of pyridine rings is 1. The summed E-state index contributed by atoms with van der Waals surface area (Å²) in [7, 11) is 3.20. The number of nitrogens with zero attached hydrogens (tertiary/aromatic N) is 4. The van der Waals surface area contributed by atoms with Gasteiger partial charge in [0.25, 0.3) is 5.56 Å². The average molecular weight is 455 g/mol. The van der Waals surface area contributed by atoms with Crippen LogP contribution >= 0.6 is 0 Å². The minimum atomic E-state index is -0.302. The second-order valence-corrected chi connectivity index (χ2v) is 7.43. The fourth-order valence-corrected chi connectivity index (χ4v) is 3.64. The lowest BCUT2D eigenvalue weighted by molar-refractivity contribution is 0.285. The van der Waals surface area contributed by atoms with E-state index in [1.54, 1.807) is 32.7 Å². The first-order valence-electron chi connectivity index (χ1n) is 10.5. The topological polar surface area (TPSA) is 104 Å². The number of rotatable bonds is 7. The van der Waals surface area contributed by atoms with Crippen molar-refractivity contribution >= 4 is 28.2 Å². The Morgan fingerprint density at radius 2 is 1.97 bits per heavy atom. The number of fused-ring (bicyclic) bond motifs is 3. The van der Waals surface area contributed by atoms with Gasteiger partial charge in [-0.05, 0) is 48.0 Å². The molecule has 0 radical (unpaired) electrons. The van der Waals surface area contributed by atoms with Gasteiger partial charge in [-0.2, -0.15) is 9.78 Å². The van der Waals surface area contributed by atoms with Crippen LogP contribution in [-0.4, -0.2) is 40.1 Å². The highest BCUT2D eigenvalue weighted by Gasteiger charge is 2.12. The van der Waals surface area contributed by atoms with Crippen LogP contribution < -0.4 is 19.8 Å². The molecule has 2 aromatic carbocycles. The van der Waals surface area contributed by atoms with Crippen LogP contribution in [0.3, 0.4) is 0 Å². The maximum absolute atomic E-state index is 13.0. The predicted molar refractivity (Wildman–Crippen MR) is 129 cm³/mol. The monoisotopic (exact) mass is 455 g/mol. The number of nitrogens with one attached hydrogen (secondary N) is 1. The maximum atomic E-state index is 13.0. The third-order valence-electron chi connectivity index (χ3n) is 5.35. The smallest absolute Gasteiger partial charge is 0.298 e. The van der Waals surface area contributed by atoms with Crippen LogP contribution in [0.2, 0.25) is 0 Å². The molecule has 5 rings (SSSR count). The normalized spacial score (nSPS) is 11.4. The molecule has 0 bridgehead atoms. The maximum Gasteiger partial charge on any atom is 0.298 e. The fraction of sp³-hybridized carbons (Fsp3) is 0.120. The molecule has 5 aromatic rings. The fourth-order valence-electron chi connectivity index (χ4n) is 3.64. The van der Waals surface area contributed by atoms with Gasteiger partial charge in [-0.3, -0.25) is 4.79 Å². The molecule has 9 nitrogen and oxygen atoms in total. The van der Waals surface area contributed by atoms with Crippen LogP contribution in [0.1, 0.15) is 11.1 Å². The molecular weight excluding hydrogens is 434 g/mol. The van der Waals surface area contributed by atoms with Gasteiger partial charge >= 0.3 is 0 Å². The summed E-state index contributed by atoms with van der Waals surface area (Å²) in [5.74, 6) is 1.90. The van der Waals surface area contributed by atoms with Crippen molar-refractivity contribution in [2.24, 2.45) is 5.10 Å². The highest BCUT2D eigenvalue weighted by Crippen LogP contribution is 2.25. The lowest BCUT2D eigenvalue weighted by atomic mass is 10.1. The quantitative estimate of drug-likeness (QED) is 0.375. The van der Waals surface area contributed by atoms with Gasteiger partial charge in [0.1, 0.15) is 35.5 Å². The van der Waals surface area contributed by atoms with Gasteiger partial charge in [-0.1, -0.05) is 6.07 Å². The Bertz CT molecular complexity index is 1560. The Balaban J connectivity index is 1.44. The van der Waals surface area contributed by atoms with Gasteiger partial charge in [0.15, 0.2) is 0 Å². The second kappa shape index (κ2) is 9.07. The van der Waals surface area contributed by atoms with Crippen LogP contribution in [-0.2, 0) is 6.61 Å². The minimum Gasteiger partial charge on any atom is -0.497 e. The van der Waals surface area contributed by atoms with Crippen molar-refractivity contribution in [2.75, 3.05) is 14.2 Å². The molecule has 0 aliphatic heterocycles. The summed E-state index contributed by atoms with van der Waals surface area (Å²) < 4.78 is 17.7. The Hall–Kier alpha value is -4.66. The van der Waals surface area contributed by atoms with Crippen LogP contribution in [0.4, 0.5) is 0 Å². The molecule has 0 saturated heterocycles. The van der Waals surface area contributed by atoms with E-state index in [-0.39, 0.29) is 12.2 Å². The van der Waals surface area contributed by atoms with E-state index in [1.165, 1.54) is 11.0 Å². The molecule has 0 atom stereocenters. The molecule has 0 aliphatic carbocycles. The first-order valence-corrected chi connectivity index (χ1v) is 10.5. The minimum absolute atomic E-state index is 0.272. The Morgan fingerprint density at radius 1 is 1.06 bits per heavy atom. The molecule has 170 valence electrons. The lowest BCUT2D eigenvalue weighted by Gasteiger charge is -2.10. The molecule has 3 aromatic heterocycles.